The van der Waals surface area contributed by atoms with Crippen molar-refractivity contribution in [2.75, 3.05) is 12.4 Å². The van der Waals surface area contributed by atoms with E-state index in [9.17, 15) is 14.0 Å². The summed E-state index contributed by atoms with van der Waals surface area (Å²) in [5, 5.41) is 14.9. The van der Waals surface area contributed by atoms with Crippen molar-refractivity contribution in [3.05, 3.63) is 46.1 Å². The minimum atomic E-state index is -0.510. The molecule has 0 saturated carbocycles. The number of hydrogen-bond acceptors (Lipinski definition) is 7. The average Bonchev–Trinajstić information content (AvgIpc) is 3.20. The van der Waals surface area contributed by atoms with E-state index in [-0.39, 0.29) is 18.2 Å². The van der Waals surface area contributed by atoms with Gasteiger partial charge in [0.2, 0.25) is 11.7 Å². The van der Waals surface area contributed by atoms with E-state index in [0.29, 0.717) is 16.1 Å². The van der Waals surface area contributed by atoms with Gasteiger partial charge in [-0.1, -0.05) is 0 Å². The van der Waals surface area contributed by atoms with Gasteiger partial charge in [-0.15, -0.1) is 21.5 Å². The van der Waals surface area contributed by atoms with Crippen molar-refractivity contribution in [2.45, 2.75) is 20.4 Å². The van der Waals surface area contributed by atoms with Gasteiger partial charge in [0.15, 0.2) is 0 Å². The SMILES string of the molecule is COC(=O)c1c(NC(=O)Cn2nnc(-c3ccc(F)cc3)n2)sc(C)c1C. The second-order valence-electron chi connectivity index (χ2n) is 5.68. The fraction of sp³-hybridized carbons (Fsp3) is 0.235. The number of anilines is 1. The van der Waals surface area contributed by atoms with E-state index in [1.54, 1.807) is 6.92 Å². The summed E-state index contributed by atoms with van der Waals surface area (Å²) in [7, 11) is 1.29. The van der Waals surface area contributed by atoms with Crippen LogP contribution >= 0.6 is 11.3 Å². The quantitative estimate of drug-likeness (QED) is 0.674. The highest BCUT2D eigenvalue weighted by atomic mass is 32.1. The van der Waals surface area contributed by atoms with Gasteiger partial charge in [0, 0.05) is 10.4 Å². The number of nitrogens with zero attached hydrogens (tertiary/aromatic N) is 4. The van der Waals surface area contributed by atoms with E-state index in [1.807, 2.05) is 6.92 Å². The van der Waals surface area contributed by atoms with Crippen LogP contribution in [0.4, 0.5) is 9.39 Å². The molecule has 0 saturated heterocycles. The number of amides is 1. The fourth-order valence-electron chi connectivity index (χ4n) is 2.38. The largest absolute Gasteiger partial charge is 0.465 e. The molecule has 0 aliphatic rings. The number of ether oxygens (including phenoxy) is 1. The Balaban J connectivity index is 1.73. The van der Waals surface area contributed by atoms with Crippen LogP contribution in [-0.2, 0) is 16.1 Å². The van der Waals surface area contributed by atoms with Crippen LogP contribution in [0.3, 0.4) is 0 Å². The highest BCUT2D eigenvalue weighted by molar-refractivity contribution is 7.16. The number of tetrazole rings is 1. The first kappa shape index (κ1) is 18.6. The summed E-state index contributed by atoms with van der Waals surface area (Å²) in [6.45, 7) is 3.46. The summed E-state index contributed by atoms with van der Waals surface area (Å²) >= 11 is 1.29. The number of esters is 1. The van der Waals surface area contributed by atoms with E-state index in [4.69, 9.17) is 4.74 Å². The Morgan fingerprint density at radius 2 is 1.96 bits per heavy atom. The normalized spacial score (nSPS) is 10.7. The van der Waals surface area contributed by atoms with E-state index >= 15 is 0 Å². The Bertz CT molecular complexity index is 997. The van der Waals surface area contributed by atoms with Gasteiger partial charge >= 0.3 is 5.97 Å². The number of hydrogen-bond donors (Lipinski definition) is 1. The van der Waals surface area contributed by atoms with Gasteiger partial charge in [0.1, 0.15) is 17.4 Å². The molecule has 140 valence electrons. The number of nitrogens with one attached hydrogen (secondary N) is 1. The van der Waals surface area contributed by atoms with Gasteiger partial charge in [-0.2, -0.15) is 4.80 Å². The molecule has 0 bridgehead atoms. The number of halogens is 1. The number of thiophene rings is 1. The number of carbonyl (C=O) groups is 2. The fourth-order valence-corrected chi connectivity index (χ4v) is 3.45. The van der Waals surface area contributed by atoms with Crippen molar-refractivity contribution in [3.63, 3.8) is 0 Å². The van der Waals surface area contributed by atoms with E-state index in [2.05, 4.69) is 20.7 Å². The van der Waals surface area contributed by atoms with Crippen LogP contribution in [0.25, 0.3) is 11.4 Å². The first-order chi connectivity index (χ1) is 12.9. The number of carbonyl (C=O) groups excluding carboxylic acids is 2. The number of aromatic nitrogens is 4. The molecule has 8 nitrogen and oxygen atoms in total. The maximum Gasteiger partial charge on any atom is 0.341 e. The topological polar surface area (TPSA) is 99.0 Å². The molecule has 0 fully saturated rings. The Morgan fingerprint density at radius 3 is 2.63 bits per heavy atom. The second-order valence-corrected chi connectivity index (χ2v) is 6.90. The number of benzene rings is 1. The minimum Gasteiger partial charge on any atom is -0.465 e. The molecule has 0 atom stereocenters. The monoisotopic (exact) mass is 389 g/mol. The summed E-state index contributed by atoms with van der Waals surface area (Å²) in [6.07, 6.45) is 0. The second kappa shape index (κ2) is 7.62. The smallest absolute Gasteiger partial charge is 0.341 e. The zero-order valence-electron chi connectivity index (χ0n) is 14.8. The van der Waals surface area contributed by atoms with Crippen molar-refractivity contribution in [1.82, 2.24) is 20.2 Å². The van der Waals surface area contributed by atoms with Crippen molar-refractivity contribution in [3.8, 4) is 11.4 Å². The maximum atomic E-state index is 13.0. The zero-order chi connectivity index (χ0) is 19.6. The lowest BCUT2D eigenvalue weighted by atomic mass is 10.1. The van der Waals surface area contributed by atoms with Gasteiger partial charge < -0.3 is 10.1 Å². The lowest BCUT2D eigenvalue weighted by Gasteiger charge is -2.05. The lowest BCUT2D eigenvalue weighted by Crippen LogP contribution is -2.21. The minimum absolute atomic E-state index is 0.190. The Morgan fingerprint density at radius 1 is 1.26 bits per heavy atom. The maximum absolute atomic E-state index is 13.0. The molecule has 1 amide bonds. The van der Waals surface area contributed by atoms with Crippen LogP contribution in [0.5, 0.6) is 0 Å². The molecule has 0 aliphatic carbocycles. The number of methoxy groups -OCH3 is 1. The predicted molar refractivity (Wildman–Crippen MR) is 97.0 cm³/mol. The Kier molecular flexibility index (Phi) is 5.26. The highest BCUT2D eigenvalue weighted by Gasteiger charge is 2.22. The summed E-state index contributed by atoms with van der Waals surface area (Å²) in [5.41, 5.74) is 1.69. The van der Waals surface area contributed by atoms with Crippen molar-refractivity contribution < 1.29 is 18.7 Å². The van der Waals surface area contributed by atoms with Gasteiger partial charge in [-0.05, 0) is 48.9 Å². The summed E-state index contributed by atoms with van der Waals surface area (Å²) in [5.74, 6) is -1.01. The molecule has 0 aliphatic heterocycles. The third-order valence-electron chi connectivity index (χ3n) is 3.87. The van der Waals surface area contributed by atoms with Crippen LogP contribution in [-0.4, -0.2) is 39.2 Å². The highest BCUT2D eigenvalue weighted by Crippen LogP contribution is 2.32. The van der Waals surface area contributed by atoms with Crippen LogP contribution < -0.4 is 5.32 Å². The van der Waals surface area contributed by atoms with Crippen LogP contribution in [0.2, 0.25) is 0 Å². The molecule has 3 rings (SSSR count). The van der Waals surface area contributed by atoms with E-state index < -0.39 is 11.9 Å². The van der Waals surface area contributed by atoms with Crippen molar-refractivity contribution in [2.24, 2.45) is 0 Å². The molecule has 0 unspecified atom stereocenters. The van der Waals surface area contributed by atoms with Gasteiger partial charge in [-0.25, -0.2) is 9.18 Å². The third kappa shape index (κ3) is 4.00. The molecular weight excluding hydrogens is 373 g/mol. The molecular formula is C17H16FN5O3S. The molecule has 10 heteroatoms. The van der Waals surface area contributed by atoms with Gasteiger partial charge in [0.25, 0.3) is 0 Å². The van der Waals surface area contributed by atoms with Crippen LogP contribution in [0.15, 0.2) is 24.3 Å². The molecule has 0 spiro atoms. The lowest BCUT2D eigenvalue weighted by molar-refractivity contribution is -0.117. The molecule has 0 radical (unpaired) electrons. The number of aryl methyl sites for hydroxylation is 1. The first-order valence-electron chi connectivity index (χ1n) is 7.91. The molecule has 2 aromatic heterocycles. The van der Waals surface area contributed by atoms with Crippen LogP contribution in [0.1, 0.15) is 20.8 Å². The average molecular weight is 389 g/mol. The summed E-state index contributed by atoms with van der Waals surface area (Å²) in [6, 6.07) is 5.63. The molecule has 2 heterocycles. The van der Waals surface area contributed by atoms with E-state index in [0.717, 1.165) is 15.2 Å². The van der Waals surface area contributed by atoms with E-state index in [1.165, 1.54) is 42.7 Å². The molecule has 27 heavy (non-hydrogen) atoms. The van der Waals surface area contributed by atoms with Crippen LogP contribution in [0, 0.1) is 19.7 Å². The standard InChI is InChI=1S/C17H16FN5O3S/c1-9-10(2)27-16(14(9)17(25)26-3)19-13(24)8-23-21-15(20-22-23)11-4-6-12(18)7-5-11/h4-7H,8H2,1-3H3,(H,19,24). The zero-order valence-corrected chi connectivity index (χ0v) is 15.6. The summed E-state index contributed by atoms with van der Waals surface area (Å²) in [4.78, 5) is 26.3. The first-order valence-corrected chi connectivity index (χ1v) is 8.72. The molecule has 1 N–H and O–H groups in total. The molecule has 3 aromatic rings. The summed E-state index contributed by atoms with van der Waals surface area (Å²) < 4.78 is 17.8. The Hall–Kier alpha value is -3.14. The Labute approximate surface area is 158 Å². The van der Waals surface area contributed by atoms with Gasteiger partial charge in [-0.3, -0.25) is 4.79 Å². The third-order valence-corrected chi connectivity index (χ3v) is 4.99. The van der Waals surface area contributed by atoms with Crippen molar-refractivity contribution >= 4 is 28.2 Å². The van der Waals surface area contributed by atoms with Gasteiger partial charge in [0.05, 0.1) is 12.7 Å². The van der Waals surface area contributed by atoms with Crippen molar-refractivity contribution in [1.29, 1.82) is 0 Å². The predicted octanol–water partition coefficient (Wildman–Crippen LogP) is 2.58. The number of rotatable bonds is 5. The molecule has 1 aromatic carbocycles.